The van der Waals surface area contributed by atoms with Gasteiger partial charge in [-0.2, -0.15) is 15.0 Å². The average molecular weight is 428 g/mol. The van der Waals surface area contributed by atoms with Crippen LogP contribution in [0, 0.1) is 11.3 Å². The van der Waals surface area contributed by atoms with Gasteiger partial charge in [-0.25, -0.2) is 9.97 Å². The summed E-state index contributed by atoms with van der Waals surface area (Å²) < 4.78 is 1.36. The van der Waals surface area contributed by atoms with E-state index in [0.29, 0.717) is 11.9 Å². The number of aromatic nitrogens is 4. The molecular formula is C22H20N8O2. The first-order chi connectivity index (χ1) is 15.6. The first-order valence-electron chi connectivity index (χ1n) is 9.94. The molecule has 10 heteroatoms. The van der Waals surface area contributed by atoms with E-state index >= 15 is 0 Å². The lowest BCUT2D eigenvalue weighted by atomic mass is 10.0. The van der Waals surface area contributed by atoms with Gasteiger partial charge in [-0.3, -0.25) is 15.6 Å². The van der Waals surface area contributed by atoms with Crippen molar-refractivity contribution in [2.24, 2.45) is 0 Å². The van der Waals surface area contributed by atoms with Crippen molar-refractivity contribution in [1.29, 1.82) is 5.26 Å². The summed E-state index contributed by atoms with van der Waals surface area (Å²) in [6.07, 6.45) is 5.28. The van der Waals surface area contributed by atoms with Crippen LogP contribution in [0.15, 0.2) is 55.0 Å². The Balaban J connectivity index is 1.75. The standard InChI is InChI=1S/C22H20N8O2/c1-2-8-24-21(32)17-11-14-6-3-4-7-16(14)18(19(17)31)28-29-20-15(12-23)13-27-30(20)22-25-9-5-10-26-22/h3-7,9-11,13,28-29,31H,2,8H2,1H3,(H,24,32). The minimum atomic E-state index is -0.376. The van der Waals surface area contributed by atoms with Crippen LogP contribution in [0.1, 0.15) is 29.3 Å². The molecule has 0 spiro atoms. The van der Waals surface area contributed by atoms with Crippen LogP contribution in [0.25, 0.3) is 16.7 Å². The number of rotatable bonds is 7. The number of carbonyl (C=O) groups excluding carboxylic acids is 1. The molecule has 0 aliphatic carbocycles. The smallest absolute Gasteiger partial charge is 0.255 e. The summed E-state index contributed by atoms with van der Waals surface area (Å²) in [5, 5.41) is 28.8. The Kier molecular flexibility index (Phi) is 5.81. The van der Waals surface area contributed by atoms with E-state index in [0.717, 1.165) is 11.8 Å². The molecule has 2 aromatic carbocycles. The molecule has 4 rings (SSSR count). The van der Waals surface area contributed by atoms with Gasteiger partial charge in [0.05, 0.1) is 11.8 Å². The molecule has 160 valence electrons. The zero-order valence-electron chi connectivity index (χ0n) is 17.2. The predicted octanol–water partition coefficient (Wildman–Crippen LogP) is 2.97. The summed E-state index contributed by atoms with van der Waals surface area (Å²) in [5.41, 5.74) is 6.54. The number of benzene rings is 2. The number of anilines is 2. The SMILES string of the molecule is CCCNC(=O)c1cc2ccccc2c(NNc2c(C#N)cnn2-c2ncccn2)c1O. The number of carbonyl (C=O) groups is 1. The van der Waals surface area contributed by atoms with E-state index in [9.17, 15) is 15.2 Å². The van der Waals surface area contributed by atoms with Crippen LogP contribution in [-0.4, -0.2) is 37.3 Å². The monoisotopic (exact) mass is 428 g/mol. The Morgan fingerprint density at radius 3 is 2.72 bits per heavy atom. The summed E-state index contributed by atoms with van der Waals surface area (Å²) in [5.74, 6) is -0.0491. The van der Waals surface area contributed by atoms with Crippen LogP contribution in [0.4, 0.5) is 11.5 Å². The third kappa shape index (κ3) is 3.87. The van der Waals surface area contributed by atoms with Crippen molar-refractivity contribution in [3.8, 4) is 17.8 Å². The molecular weight excluding hydrogens is 408 g/mol. The Labute approximate surface area is 183 Å². The molecule has 0 fully saturated rings. The van der Waals surface area contributed by atoms with Crippen LogP contribution in [0.3, 0.4) is 0 Å². The number of nitrogens with zero attached hydrogens (tertiary/aromatic N) is 5. The summed E-state index contributed by atoms with van der Waals surface area (Å²) in [7, 11) is 0. The number of hydrogen-bond donors (Lipinski definition) is 4. The third-order valence-corrected chi connectivity index (χ3v) is 4.74. The van der Waals surface area contributed by atoms with E-state index in [1.54, 1.807) is 24.5 Å². The van der Waals surface area contributed by atoms with Crippen molar-refractivity contribution in [2.75, 3.05) is 17.4 Å². The molecule has 0 unspecified atom stereocenters. The molecule has 1 amide bonds. The van der Waals surface area contributed by atoms with E-state index < -0.39 is 0 Å². The minimum absolute atomic E-state index is 0.141. The number of phenols is 1. The number of fused-ring (bicyclic) bond motifs is 1. The van der Waals surface area contributed by atoms with Crippen molar-refractivity contribution in [2.45, 2.75) is 13.3 Å². The minimum Gasteiger partial charge on any atom is -0.505 e. The van der Waals surface area contributed by atoms with Crippen LogP contribution in [0.2, 0.25) is 0 Å². The Morgan fingerprint density at radius 2 is 1.97 bits per heavy atom. The number of nitriles is 1. The number of aromatic hydroxyl groups is 1. The van der Waals surface area contributed by atoms with Gasteiger partial charge in [0.2, 0.25) is 0 Å². The zero-order chi connectivity index (χ0) is 22.5. The number of hydrogen-bond acceptors (Lipinski definition) is 8. The van der Waals surface area contributed by atoms with E-state index in [-0.39, 0.29) is 40.2 Å². The number of phenolic OH excluding ortho intramolecular Hbond substituents is 1. The maximum Gasteiger partial charge on any atom is 0.255 e. The molecule has 0 aliphatic heterocycles. The quantitative estimate of drug-likeness (QED) is 0.260. The second kappa shape index (κ2) is 9.01. The molecule has 0 bridgehead atoms. The lowest BCUT2D eigenvalue weighted by molar-refractivity contribution is 0.0951. The fraction of sp³-hybridized carbons (Fsp3) is 0.136. The third-order valence-electron chi connectivity index (χ3n) is 4.74. The van der Waals surface area contributed by atoms with Gasteiger partial charge in [0.25, 0.3) is 11.9 Å². The number of nitrogens with one attached hydrogen (secondary N) is 3. The lowest BCUT2D eigenvalue weighted by Crippen LogP contribution is -2.24. The molecule has 0 saturated carbocycles. The topological polar surface area (TPSA) is 141 Å². The maximum atomic E-state index is 12.6. The summed E-state index contributed by atoms with van der Waals surface area (Å²) in [6.45, 7) is 2.44. The van der Waals surface area contributed by atoms with Crippen molar-refractivity contribution in [3.63, 3.8) is 0 Å². The van der Waals surface area contributed by atoms with Gasteiger partial charge in [0, 0.05) is 24.3 Å². The highest BCUT2D eigenvalue weighted by atomic mass is 16.3. The Morgan fingerprint density at radius 1 is 1.19 bits per heavy atom. The second-order valence-corrected chi connectivity index (χ2v) is 6.85. The molecule has 32 heavy (non-hydrogen) atoms. The van der Waals surface area contributed by atoms with E-state index in [1.165, 1.54) is 10.9 Å². The van der Waals surface area contributed by atoms with Crippen molar-refractivity contribution < 1.29 is 9.90 Å². The molecule has 4 aromatic rings. The highest BCUT2D eigenvalue weighted by Gasteiger charge is 2.19. The molecule has 10 nitrogen and oxygen atoms in total. The number of amides is 1. The van der Waals surface area contributed by atoms with Crippen molar-refractivity contribution in [3.05, 3.63) is 66.1 Å². The van der Waals surface area contributed by atoms with E-state index in [4.69, 9.17) is 0 Å². The summed E-state index contributed by atoms with van der Waals surface area (Å²) in [6, 6.07) is 12.7. The van der Waals surface area contributed by atoms with Gasteiger partial charge in [0.1, 0.15) is 17.3 Å². The molecule has 2 heterocycles. The Hall–Kier alpha value is -4.65. The van der Waals surface area contributed by atoms with Crippen molar-refractivity contribution >= 4 is 28.2 Å². The molecule has 0 saturated heterocycles. The highest BCUT2D eigenvalue weighted by Crippen LogP contribution is 2.36. The normalized spacial score (nSPS) is 10.5. The van der Waals surface area contributed by atoms with Crippen LogP contribution >= 0.6 is 0 Å². The molecule has 2 aromatic heterocycles. The van der Waals surface area contributed by atoms with Gasteiger partial charge >= 0.3 is 0 Å². The second-order valence-electron chi connectivity index (χ2n) is 6.85. The van der Waals surface area contributed by atoms with Crippen LogP contribution in [0.5, 0.6) is 5.75 Å². The van der Waals surface area contributed by atoms with E-state index in [2.05, 4.69) is 37.3 Å². The average Bonchev–Trinajstić information content (AvgIpc) is 3.25. The van der Waals surface area contributed by atoms with Gasteiger partial charge in [-0.15, -0.1) is 0 Å². The lowest BCUT2D eigenvalue weighted by Gasteiger charge is -2.17. The zero-order valence-corrected chi connectivity index (χ0v) is 17.2. The molecule has 0 radical (unpaired) electrons. The largest absolute Gasteiger partial charge is 0.505 e. The van der Waals surface area contributed by atoms with Gasteiger partial charge in [0.15, 0.2) is 11.6 Å². The first-order valence-corrected chi connectivity index (χ1v) is 9.94. The highest BCUT2D eigenvalue weighted by molar-refractivity contribution is 6.07. The molecule has 4 N–H and O–H groups in total. The predicted molar refractivity (Wildman–Crippen MR) is 119 cm³/mol. The van der Waals surface area contributed by atoms with Crippen molar-refractivity contribution in [1.82, 2.24) is 25.1 Å². The van der Waals surface area contributed by atoms with Gasteiger partial charge < -0.3 is 10.4 Å². The van der Waals surface area contributed by atoms with Gasteiger partial charge in [-0.05, 0) is 23.9 Å². The summed E-state index contributed by atoms with van der Waals surface area (Å²) in [4.78, 5) is 20.9. The van der Waals surface area contributed by atoms with E-state index in [1.807, 2.05) is 31.2 Å². The molecule has 0 atom stereocenters. The van der Waals surface area contributed by atoms with Crippen LogP contribution in [-0.2, 0) is 0 Å². The fourth-order valence-electron chi connectivity index (χ4n) is 3.19. The maximum absolute atomic E-state index is 12.6. The Bertz CT molecular complexity index is 1310. The van der Waals surface area contributed by atoms with Crippen LogP contribution < -0.4 is 16.2 Å². The first kappa shape index (κ1) is 20.6. The number of hydrazine groups is 1. The molecule has 0 aliphatic rings. The summed E-state index contributed by atoms with van der Waals surface area (Å²) >= 11 is 0. The fourth-order valence-corrected chi connectivity index (χ4v) is 3.19. The van der Waals surface area contributed by atoms with Gasteiger partial charge in [-0.1, -0.05) is 31.2 Å².